The lowest BCUT2D eigenvalue weighted by atomic mass is 9.87. The predicted molar refractivity (Wildman–Crippen MR) is 77.3 cm³/mol. The van der Waals surface area contributed by atoms with E-state index in [1.165, 1.54) is 5.56 Å². The standard InChI is InChI=1S/C14H26N2S/c1-14(2,3)9-13(15)5-7-16(4)10-12-6-8-17-11-12/h6,8,11,13H,5,7,9-10,15H2,1-4H3. The molecule has 1 unspecified atom stereocenters. The molecule has 0 aliphatic heterocycles. The van der Waals surface area contributed by atoms with Crippen LogP contribution in [-0.4, -0.2) is 24.5 Å². The Morgan fingerprint density at radius 1 is 1.41 bits per heavy atom. The summed E-state index contributed by atoms with van der Waals surface area (Å²) in [7, 11) is 2.17. The van der Waals surface area contributed by atoms with Gasteiger partial charge in [0.2, 0.25) is 0 Å². The Balaban J connectivity index is 2.21. The topological polar surface area (TPSA) is 29.3 Å². The average Bonchev–Trinajstić information content (AvgIpc) is 2.64. The highest BCUT2D eigenvalue weighted by Crippen LogP contribution is 2.21. The van der Waals surface area contributed by atoms with Crippen LogP contribution in [0.15, 0.2) is 16.8 Å². The summed E-state index contributed by atoms with van der Waals surface area (Å²) < 4.78 is 0. The van der Waals surface area contributed by atoms with Crippen LogP contribution in [0.4, 0.5) is 0 Å². The van der Waals surface area contributed by atoms with Gasteiger partial charge >= 0.3 is 0 Å². The lowest BCUT2D eigenvalue weighted by Gasteiger charge is -2.25. The van der Waals surface area contributed by atoms with E-state index in [1.54, 1.807) is 11.3 Å². The molecule has 0 spiro atoms. The summed E-state index contributed by atoms with van der Waals surface area (Å²) in [5.74, 6) is 0. The molecular formula is C14H26N2S. The lowest BCUT2D eigenvalue weighted by Crippen LogP contribution is -2.31. The molecule has 2 N–H and O–H groups in total. The van der Waals surface area contributed by atoms with Crippen LogP contribution in [0.2, 0.25) is 0 Å². The third-order valence-electron chi connectivity index (χ3n) is 2.79. The third-order valence-corrected chi connectivity index (χ3v) is 3.52. The highest BCUT2D eigenvalue weighted by Gasteiger charge is 2.15. The van der Waals surface area contributed by atoms with Crippen molar-refractivity contribution in [3.63, 3.8) is 0 Å². The van der Waals surface area contributed by atoms with Gasteiger partial charge in [-0.3, -0.25) is 0 Å². The largest absolute Gasteiger partial charge is 0.328 e. The molecule has 17 heavy (non-hydrogen) atoms. The van der Waals surface area contributed by atoms with Crippen molar-refractivity contribution in [3.05, 3.63) is 22.4 Å². The maximum atomic E-state index is 6.16. The van der Waals surface area contributed by atoms with E-state index in [1.807, 2.05) is 0 Å². The first-order valence-electron chi connectivity index (χ1n) is 6.32. The van der Waals surface area contributed by atoms with Crippen molar-refractivity contribution < 1.29 is 0 Å². The molecule has 98 valence electrons. The molecule has 0 saturated carbocycles. The minimum Gasteiger partial charge on any atom is -0.328 e. The van der Waals surface area contributed by atoms with E-state index in [0.29, 0.717) is 11.5 Å². The molecule has 0 fully saturated rings. The van der Waals surface area contributed by atoms with Crippen LogP contribution in [0.1, 0.15) is 39.2 Å². The highest BCUT2D eigenvalue weighted by molar-refractivity contribution is 7.07. The van der Waals surface area contributed by atoms with E-state index in [4.69, 9.17) is 5.73 Å². The zero-order valence-electron chi connectivity index (χ0n) is 11.6. The zero-order valence-corrected chi connectivity index (χ0v) is 12.4. The smallest absolute Gasteiger partial charge is 0.0238 e. The molecule has 0 saturated heterocycles. The number of hydrogen-bond acceptors (Lipinski definition) is 3. The minimum atomic E-state index is 0.319. The number of thiophene rings is 1. The molecule has 2 nitrogen and oxygen atoms in total. The van der Waals surface area contributed by atoms with Crippen LogP contribution < -0.4 is 5.73 Å². The first kappa shape index (κ1) is 14.7. The van der Waals surface area contributed by atoms with Crippen LogP contribution in [-0.2, 0) is 6.54 Å². The molecule has 1 atom stereocenters. The van der Waals surface area contributed by atoms with Crippen LogP contribution >= 0.6 is 11.3 Å². The maximum Gasteiger partial charge on any atom is 0.0238 e. The summed E-state index contributed by atoms with van der Waals surface area (Å²) in [4.78, 5) is 2.35. The van der Waals surface area contributed by atoms with Crippen molar-refractivity contribution in [1.82, 2.24) is 4.90 Å². The van der Waals surface area contributed by atoms with E-state index in [9.17, 15) is 0 Å². The van der Waals surface area contributed by atoms with Crippen molar-refractivity contribution in [1.29, 1.82) is 0 Å². The molecule has 0 bridgehead atoms. The van der Waals surface area contributed by atoms with E-state index in [0.717, 1.165) is 25.9 Å². The van der Waals surface area contributed by atoms with E-state index < -0.39 is 0 Å². The van der Waals surface area contributed by atoms with Gasteiger partial charge in [0, 0.05) is 12.6 Å². The summed E-state index contributed by atoms with van der Waals surface area (Å²) >= 11 is 1.76. The fourth-order valence-corrected chi connectivity index (χ4v) is 2.71. The fraction of sp³-hybridized carbons (Fsp3) is 0.714. The number of nitrogens with two attached hydrogens (primary N) is 1. The molecule has 0 aliphatic rings. The Bertz CT molecular complexity index is 301. The molecule has 0 aromatic carbocycles. The first-order valence-corrected chi connectivity index (χ1v) is 7.26. The maximum absolute atomic E-state index is 6.16. The Hall–Kier alpha value is -0.380. The van der Waals surface area contributed by atoms with Crippen LogP contribution in [0.25, 0.3) is 0 Å². The van der Waals surface area contributed by atoms with Gasteiger partial charge in [0.15, 0.2) is 0 Å². The first-order chi connectivity index (χ1) is 7.87. The van der Waals surface area contributed by atoms with Gasteiger partial charge in [0.05, 0.1) is 0 Å². The summed E-state index contributed by atoms with van der Waals surface area (Å²) in [6.45, 7) is 8.87. The Kier molecular flexibility index (Phi) is 5.63. The summed E-state index contributed by atoms with van der Waals surface area (Å²) in [5.41, 5.74) is 7.90. The van der Waals surface area contributed by atoms with Gasteiger partial charge in [-0.2, -0.15) is 11.3 Å². The Morgan fingerprint density at radius 3 is 2.65 bits per heavy atom. The zero-order chi connectivity index (χ0) is 12.9. The lowest BCUT2D eigenvalue weighted by molar-refractivity contribution is 0.278. The molecule has 0 radical (unpaired) electrons. The minimum absolute atomic E-state index is 0.319. The molecule has 3 heteroatoms. The quantitative estimate of drug-likeness (QED) is 0.843. The van der Waals surface area contributed by atoms with Crippen molar-refractivity contribution in [2.45, 2.75) is 46.2 Å². The molecular weight excluding hydrogens is 228 g/mol. The SMILES string of the molecule is CN(CCC(N)CC(C)(C)C)Cc1ccsc1. The second-order valence-electron chi connectivity index (χ2n) is 6.18. The molecule has 1 heterocycles. The van der Waals surface area contributed by atoms with E-state index in [2.05, 4.69) is 49.5 Å². The normalized spacial score (nSPS) is 14.2. The van der Waals surface area contributed by atoms with E-state index in [-0.39, 0.29) is 0 Å². The number of rotatable bonds is 6. The summed E-state index contributed by atoms with van der Waals surface area (Å²) in [5, 5.41) is 4.35. The summed E-state index contributed by atoms with van der Waals surface area (Å²) in [6.07, 6.45) is 2.18. The Labute approximate surface area is 110 Å². The van der Waals surface area contributed by atoms with Crippen molar-refractivity contribution in [3.8, 4) is 0 Å². The summed E-state index contributed by atoms with van der Waals surface area (Å²) in [6, 6.07) is 2.51. The average molecular weight is 254 g/mol. The fourth-order valence-electron chi connectivity index (χ4n) is 2.05. The predicted octanol–water partition coefficient (Wildman–Crippen LogP) is 3.33. The second kappa shape index (κ2) is 6.53. The number of hydrogen-bond donors (Lipinski definition) is 1. The van der Waals surface area contributed by atoms with Crippen LogP contribution in [0.3, 0.4) is 0 Å². The molecule has 0 amide bonds. The van der Waals surface area contributed by atoms with Crippen molar-refractivity contribution in [2.24, 2.45) is 11.1 Å². The van der Waals surface area contributed by atoms with Gasteiger partial charge in [0.1, 0.15) is 0 Å². The molecule has 1 rings (SSSR count). The molecule has 0 aliphatic carbocycles. The van der Waals surface area contributed by atoms with Crippen molar-refractivity contribution in [2.75, 3.05) is 13.6 Å². The molecule has 1 aromatic rings. The third kappa shape index (κ3) is 6.81. The van der Waals surface area contributed by atoms with Gasteiger partial charge in [0.25, 0.3) is 0 Å². The van der Waals surface area contributed by atoms with Gasteiger partial charge in [-0.25, -0.2) is 0 Å². The van der Waals surface area contributed by atoms with Gasteiger partial charge in [-0.15, -0.1) is 0 Å². The van der Waals surface area contributed by atoms with Gasteiger partial charge in [-0.05, 0) is 54.2 Å². The van der Waals surface area contributed by atoms with Gasteiger partial charge < -0.3 is 10.6 Å². The van der Waals surface area contributed by atoms with Crippen LogP contribution in [0.5, 0.6) is 0 Å². The Morgan fingerprint density at radius 2 is 2.12 bits per heavy atom. The van der Waals surface area contributed by atoms with Gasteiger partial charge in [-0.1, -0.05) is 20.8 Å². The second-order valence-corrected chi connectivity index (χ2v) is 6.96. The number of nitrogens with zero attached hydrogens (tertiary/aromatic N) is 1. The monoisotopic (exact) mass is 254 g/mol. The highest BCUT2D eigenvalue weighted by atomic mass is 32.1. The van der Waals surface area contributed by atoms with Crippen LogP contribution in [0, 0.1) is 5.41 Å². The van der Waals surface area contributed by atoms with E-state index >= 15 is 0 Å². The van der Waals surface area contributed by atoms with Crippen molar-refractivity contribution >= 4 is 11.3 Å². The molecule has 1 aromatic heterocycles.